The number of piperazine rings is 1. The van der Waals surface area contributed by atoms with Crippen LogP contribution >= 0.6 is 0 Å². The molecule has 1 N–H and O–H groups in total. The Bertz CT molecular complexity index is 481. The first-order valence-corrected chi connectivity index (χ1v) is 5.36. The number of carbonyl (C=O) groups is 1. The highest BCUT2D eigenvalue weighted by Crippen LogP contribution is 2.13. The number of hydrogen-bond acceptors (Lipinski definition) is 3. The van der Waals surface area contributed by atoms with Crippen molar-refractivity contribution < 1.29 is 9.18 Å². The minimum Gasteiger partial charge on any atom is -0.354 e. The summed E-state index contributed by atoms with van der Waals surface area (Å²) >= 11 is 0. The zero-order valence-corrected chi connectivity index (χ0v) is 9.24. The molecule has 0 saturated carbocycles. The van der Waals surface area contributed by atoms with E-state index in [1.807, 2.05) is 11.0 Å². The van der Waals surface area contributed by atoms with Gasteiger partial charge in [0.2, 0.25) is 5.91 Å². The van der Waals surface area contributed by atoms with Crippen LogP contribution in [-0.4, -0.2) is 30.4 Å². The van der Waals surface area contributed by atoms with E-state index in [0.29, 0.717) is 30.8 Å². The standard InChI is InChI=1S/C12H12FN3O/c13-11-2-1-9(6-14)5-10(11)7-16-4-3-15-12(17)8-16/h1-2,5H,3-4,7-8H2,(H,15,17). The van der Waals surface area contributed by atoms with E-state index in [2.05, 4.69) is 5.32 Å². The van der Waals surface area contributed by atoms with Gasteiger partial charge in [0.05, 0.1) is 18.2 Å². The van der Waals surface area contributed by atoms with Crippen LogP contribution in [0.25, 0.3) is 0 Å². The first-order valence-electron chi connectivity index (χ1n) is 5.36. The molecule has 0 aromatic heterocycles. The number of hydrogen-bond donors (Lipinski definition) is 1. The van der Waals surface area contributed by atoms with Gasteiger partial charge < -0.3 is 5.32 Å². The monoisotopic (exact) mass is 233 g/mol. The van der Waals surface area contributed by atoms with E-state index in [-0.39, 0.29) is 18.3 Å². The third kappa shape index (κ3) is 2.80. The number of amides is 1. The van der Waals surface area contributed by atoms with Crippen LogP contribution in [0.4, 0.5) is 4.39 Å². The fraction of sp³-hybridized carbons (Fsp3) is 0.333. The Kier molecular flexibility index (Phi) is 3.35. The van der Waals surface area contributed by atoms with Crippen molar-refractivity contribution in [3.63, 3.8) is 0 Å². The van der Waals surface area contributed by atoms with Crippen LogP contribution in [-0.2, 0) is 11.3 Å². The molecule has 1 heterocycles. The minimum atomic E-state index is -0.338. The number of carbonyl (C=O) groups excluding carboxylic acids is 1. The Morgan fingerprint density at radius 1 is 1.53 bits per heavy atom. The third-order valence-corrected chi connectivity index (χ3v) is 2.69. The second-order valence-corrected chi connectivity index (χ2v) is 3.98. The SMILES string of the molecule is N#Cc1ccc(F)c(CN2CCNC(=O)C2)c1. The Balaban J connectivity index is 2.12. The Hall–Kier alpha value is -1.93. The highest BCUT2D eigenvalue weighted by molar-refractivity contribution is 5.78. The molecule has 17 heavy (non-hydrogen) atoms. The van der Waals surface area contributed by atoms with Crippen molar-refractivity contribution >= 4 is 5.91 Å². The number of nitrogens with one attached hydrogen (secondary N) is 1. The molecule has 5 heteroatoms. The molecule has 0 aliphatic carbocycles. The van der Waals surface area contributed by atoms with Crippen molar-refractivity contribution in [2.75, 3.05) is 19.6 Å². The van der Waals surface area contributed by atoms with Crippen molar-refractivity contribution in [2.45, 2.75) is 6.54 Å². The molecule has 1 saturated heterocycles. The highest BCUT2D eigenvalue weighted by atomic mass is 19.1. The van der Waals surface area contributed by atoms with Crippen molar-refractivity contribution in [3.05, 3.63) is 35.1 Å². The van der Waals surface area contributed by atoms with Crippen LogP contribution in [0.3, 0.4) is 0 Å². The maximum absolute atomic E-state index is 13.5. The summed E-state index contributed by atoms with van der Waals surface area (Å²) in [5, 5.41) is 11.5. The topological polar surface area (TPSA) is 56.1 Å². The molecular formula is C12H12FN3O. The molecule has 0 unspecified atom stereocenters. The lowest BCUT2D eigenvalue weighted by molar-refractivity contribution is -0.124. The molecule has 1 aliphatic rings. The van der Waals surface area contributed by atoms with Crippen LogP contribution in [0.1, 0.15) is 11.1 Å². The van der Waals surface area contributed by atoms with Gasteiger partial charge in [-0.2, -0.15) is 5.26 Å². The molecule has 0 atom stereocenters. The summed E-state index contributed by atoms with van der Waals surface area (Å²) in [7, 11) is 0. The predicted octanol–water partition coefficient (Wildman–Crippen LogP) is 0.629. The minimum absolute atomic E-state index is 0.0481. The summed E-state index contributed by atoms with van der Waals surface area (Å²) in [4.78, 5) is 13.0. The normalized spacial score (nSPS) is 16.4. The molecule has 2 rings (SSSR count). The second-order valence-electron chi connectivity index (χ2n) is 3.98. The summed E-state index contributed by atoms with van der Waals surface area (Å²) in [6.45, 7) is 1.91. The molecule has 1 aliphatic heterocycles. The van der Waals surface area contributed by atoms with Gasteiger partial charge in [0.15, 0.2) is 0 Å². The molecule has 0 spiro atoms. The lowest BCUT2D eigenvalue weighted by Crippen LogP contribution is -2.47. The molecule has 1 amide bonds. The van der Waals surface area contributed by atoms with Crippen molar-refractivity contribution in [1.82, 2.24) is 10.2 Å². The number of halogens is 1. The van der Waals surface area contributed by atoms with Crippen molar-refractivity contribution in [3.8, 4) is 6.07 Å². The number of rotatable bonds is 2. The Morgan fingerprint density at radius 2 is 2.35 bits per heavy atom. The van der Waals surface area contributed by atoms with Crippen LogP contribution in [0.15, 0.2) is 18.2 Å². The summed E-state index contributed by atoms with van der Waals surface area (Å²) in [5.41, 5.74) is 0.890. The fourth-order valence-corrected chi connectivity index (χ4v) is 1.83. The maximum Gasteiger partial charge on any atom is 0.234 e. The second kappa shape index (κ2) is 4.93. The lowest BCUT2D eigenvalue weighted by Gasteiger charge is -2.26. The number of nitrogens with zero attached hydrogens (tertiary/aromatic N) is 2. The molecule has 4 nitrogen and oxygen atoms in total. The van der Waals surface area contributed by atoms with Gasteiger partial charge in [-0.25, -0.2) is 4.39 Å². The van der Waals surface area contributed by atoms with Gasteiger partial charge in [0, 0.05) is 25.2 Å². The maximum atomic E-state index is 13.5. The van der Waals surface area contributed by atoms with E-state index >= 15 is 0 Å². The molecule has 0 radical (unpaired) electrons. The third-order valence-electron chi connectivity index (χ3n) is 2.69. The van der Waals surface area contributed by atoms with Crippen LogP contribution in [0.5, 0.6) is 0 Å². The average Bonchev–Trinajstić information content (AvgIpc) is 2.32. The largest absolute Gasteiger partial charge is 0.354 e. The van der Waals surface area contributed by atoms with E-state index < -0.39 is 0 Å². The zero-order valence-electron chi connectivity index (χ0n) is 9.24. The van der Waals surface area contributed by atoms with Crippen LogP contribution in [0.2, 0.25) is 0 Å². The number of benzene rings is 1. The predicted molar refractivity (Wildman–Crippen MR) is 59.4 cm³/mol. The summed E-state index contributed by atoms with van der Waals surface area (Å²) in [6, 6.07) is 6.24. The van der Waals surface area contributed by atoms with Gasteiger partial charge >= 0.3 is 0 Å². The molecule has 1 fully saturated rings. The van der Waals surface area contributed by atoms with Crippen LogP contribution in [0, 0.1) is 17.1 Å². The highest BCUT2D eigenvalue weighted by Gasteiger charge is 2.17. The van der Waals surface area contributed by atoms with Crippen molar-refractivity contribution in [2.24, 2.45) is 0 Å². The smallest absolute Gasteiger partial charge is 0.234 e. The van der Waals surface area contributed by atoms with Gasteiger partial charge in [0.1, 0.15) is 5.82 Å². The zero-order chi connectivity index (χ0) is 12.3. The van der Waals surface area contributed by atoms with Gasteiger partial charge in [-0.05, 0) is 18.2 Å². The van der Waals surface area contributed by atoms with E-state index in [4.69, 9.17) is 5.26 Å². The van der Waals surface area contributed by atoms with Crippen molar-refractivity contribution in [1.29, 1.82) is 5.26 Å². The first kappa shape index (κ1) is 11.6. The first-order chi connectivity index (χ1) is 8.19. The quantitative estimate of drug-likeness (QED) is 0.815. The lowest BCUT2D eigenvalue weighted by atomic mass is 10.1. The summed E-state index contributed by atoms with van der Waals surface area (Å²) in [6.07, 6.45) is 0. The summed E-state index contributed by atoms with van der Waals surface area (Å²) in [5.74, 6) is -0.386. The summed E-state index contributed by atoms with van der Waals surface area (Å²) < 4.78 is 13.5. The van der Waals surface area contributed by atoms with Gasteiger partial charge in [0.25, 0.3) is 0 Å². The van der Waals surface area contributed by atoms with E-state index in [1.54, 1.807) is 0 Å². The van der Waals surface area contributed by atoms with Crippen LogP contribution < -0.4 is 5.32 Å². The van der Waals surface area contributed by atoms with E-state index in [9.17, 15) is 9.18 Å². The van der Waals surface area contributed by atoms with Gasteiger partial charge in [-0.3, -0.25) is 9.69 Å². The van der Waals surface area contributed by atoms with Gasteiger partial charge in [-0.1, -0.05) is 0 Å². The molecule has 1 aromatic rings. The molecule has 0 bridgehead atoms. The molecule has 1 aromatic carbocycles. The van der Waals surface area contributed by atoms with E-state index in [0.717, 1.165) is 0 Å². The number of nitriles is 1. The molecular weight excluding hydrogens is 221 g/mol. The molecule has 88 valence electrons. The Morgan fingerprint density at radius 3 is 3.06 bits per heavy atom. The van der Waals surface area contributed by atoms with E-state index in [1.165, 1.54) is 18.2 Å². The Labute approximate surface area is 98.6 Å². The average molecular weight is 233 g/mol. The van der Waals surface area contributed by atoms with Gasteiger partial charge in [-0.15, -0.1) is 0 Å². The fourth-order valence-electron chi connectivity index (χ4n) is 1.83.